The Morgan fingerprint density at radius 2 is 1.73 bits per heavy atom. The van der Waals surface area contributed by atoms with E-state index in [9.17, 15) is 13.2 Å². The maximum atomic E-state index is 13.1. The molecule has 0 bridgehead atoms. The Bertz CT molecular complexity index is 1080. The average molecular weight is 442 g/mol. The molecule has 1 amide bonds. The fraction of sp³-hybridized carbons (Fsp3) is 0.182. The van der Waals surface area contributed by atoms with Gasteiger partial charge in [-0.3, -0.25) is 14.1 Å². The Morgan fingerprint density at radius 1 is 1.03 bits per heavy atom. The minimum Gasteiger partial charge on any atom is -0.346 e. The second kappa shape index (κ2) is 9.77. The lowest BCUT2D eigenvalue weighted by atomic mass is 10.2. The van der Waals surface area contributed by atoms with E-state index in [2.05, 4.69) is 10.3 Å². The molecule has 0 spiro atoms. The van der Waals surface area contributed by atoms with E-state index in [0.717, 1.165) is 10.6 Å². The summed E-state index contributed by atoms with van der Waals surface area (Å²) in [7, 11) is -3.69. The molecule has 0 aliphatic heterocycles. The van der Waals surface area contributed by atoms with E-state index in [1.165, 1.54) is 4.31 Å². The van der Waals surface area contributed by atoms with Gasteiger partial charge in [-0.1, -0.05) is 6.07 Å². The molecule has 0 saturated carbocycles. The highest BCUT2D eigenvalue weighted by Crippen LogP contribution is 2.25. The van der Waals surface area contributed by atoms with Crippen LogP contribution < -0.4 is 9.62 Å². The number of hydrogen-bond acceptors (Lipinski definition) is 5. The third-order valence-corrected chi connectivity index (χ3v) is 7.17. The molecule has 0 atom stereocenters. The maximum absolute atomic E-state index is 13.1. The fourth-order valence-electron chi connectivity index (χ4n) is 2.92. The highest BCUT2D eigenvalue weighted by Gasteiger charge is 2.23. The zero-order valence-corrected chi connectivity index (χ0v) is 18.4. The van der Waals surface area contributed by atoms with Crippen LogP contribution in [0, 0.1) is 0 Å². The van der Waals surface area contributed by atoms with Crippen LogP contribution >= 0.6 is 11.8 Å². The molecule has 30 heavy (non-hydrogen) atoms. The van der Waals surface area contributed by atoms with Crippen molar-refractivity contribution in [3.63, 3.8) is 0 Å². The largest absolute Gasteiger partial charge is 0.346 e. The van der Waals surface area contributed by atoms with Crippen molar-refractivity contribution in [3.8, 4) is 0 Å². The van der Waals surface area contributed by atoms with Gasteiger partial charge in [0, 0.05) is 23.2 Å². The SMILES string of the molecule is CCN(c1ccc(C(=O)NCc2ccccn2)cc1)S(=O)(=O)c1ccc(SC)cc1. The lowest BCUT2D eigenvalue weighted by Crippen LogP contribution is -2.31. The van der Waals surface area contributed by atoms with Crippen molar-refractivity contribution in [2.45, 2.75) is 23.3 Å². The normalized spacial score (nSPS) is 11.1. The molecule has 3 aromatic rings. The number of nitrogens with zero attached hydrogens (tertiary/aromatic N) is 2. The first kappa shape index (κ1) is 21.9. The first-order chi connectivity index (χ1) is 14.5. The zero-order chi connectivity index (χ0) is 21.6. The number of thioether (sulfide) groups is 1. The molecule has 8 heteroatoms. The van der Waals surface area contributed by atoms with E-state index in [4.69, 9.17) is 0 Å². The van der Waals surface area contributed by atoms with Crippen LogP contribution in [0.5, 0.6) is 0 Å². The summed E-state index contributed by atoms with van der Waals surface area (Å²) >= 11 is 1.56. The monoisotopic (exact) mass is 441 g/mol. The molecule has 0 saturated heterocycles. The molecule has 0 radical (unpaired) electrons. The number of aromatic nitrogens is 1. The predicted molar refractivity (Wildman–Crippen MR) is 120 cm³/mol. The van der Waals surface area contributed by atoms with E-state index in [1.807, 2.05) is 24.5 Å². The van der Waals surface area contributed by atoms with Crippen molar-refractivity contribution in [2.24, 2.45) is 0 Å². The first-order valence-electron chi connectivity index (χ1n) is 9.40. The van der Waals surface area contributed by atoms with Crippen molar-refractivity contribution in [1.82, 2.24) is 10.3 Å². The standard InChI is InChI=1S/C22H23N3O3S2/c1-3-25(30(27,28)21-13-11-20(29-2)12-14-21)19-9-7-17(8-10-19)22(26)24-16-18-6-4-5-15-23-18/h4-15H,3,16H2,1-2H3,(H,24,26). The van der Waals surface area contributed by atoms with Gasteiger partial charge in [-0.25, -0.2) is 8.42 Å². The second-order valence-electron chi connectivity index (χ2n) is 6.40. The first-order valence-corrected chi connectivity index (χ1v) is 12.1. The molecule has 3 rings (SSSR count). The third-order valence-electron chi connectivity index (χ3n) is 4.51. The van der Waals surface area contributed by atoms with Crippen molar-refractivity contribution >= 4 is 33.4 Å². The molecule has 2 aromatic carbocycles. The van der Waals surface area contributed by atoms with Gasteiger partial charge >= 0.3 is 0 Å². The number of amides is 1. The van der Waals surface area contributed by atoms with Crippen LogP contribution in [-0.2, 0) is 16.6 Å². The molecule has 0 unspecified atom stereocenters. The number of carbonyl (C=O) groups excluding carboxylic acids is 1. The number of hydrogen-bond donors (Lipinski definition) is 1. The van der Waals surface area contributed by atoms with Crippen LogP contribution in [0.1, 0.15) is 23.0 Å². The zero-order valence-electron chi connectivity index (χ0n) is 16.8. The maximum Gasteiger partial charge on any atom is 0.264 e. The van der Waals surface area contributed by atoms with Gasteiger partial charge in [0.1, 0.15) is 0 Å². The molecule has 0 aliphatic rings. The molecule has 1 heterocycles. The third kappa shape index (κ3) is 5.01. The Labute approximate surface area is 181 Å². The van der Waals surface area contributed by atoms with Crippen molar-refractivity contribution in [1.29, 1.82) is 0 Å². The predicted octanol–water partition coefficient (Wildman–Crippen LogP) is 3.95. The molecule has 1 N–H and O–H groups in total. The summed E-state index contributed by atoms with van der Waals surface area (Å²) in [4.78, 5) is 17.8. The molecule has 0 fully saturated rings. The Kier molecular flexibility index (Phi) is 7.12. The quantitative estimate of drug-likeness (QED) is 0.536. The summed E-state index contributed by atoms with van der Waals surface area (Å²) in [6.07, 6.45) is 3.61. The summed E-state index contributed by atoms with van der Waals surface area (Å²) < 4.78 is 27.5. The second-order valence-corrected chi connectivity index (χ2v) is 9.14. The highest BCUT2D eigenvalue weighted by atomic mass is 32.2. The van der Waals surface area contributed by atoms with Crippen LogP contribution in [0.3, 0.4) is 0 Å². The van der Waals surface area contributed by atoms with E-state index in [1.54, 1.807) is 73.4 Å². The summed E-state index contributed by atoms with van der Waals surface area (Å²) in [6, 6.07) is 18.9. The minimum absolute atomic E-state index is 0.235. The van der Waals surface area contributed by atoms with Gasteiger partial charge in [0.2, 0.25) is 0 Å². The van der Waals surface area contributed by atoms with Crippen LogP contribution in [0.4, 0.5) is 5.69 Å². The van der Waals surface area contributed by atoms with Crippen LogP contribution in [-0.4, -0.2) is 32.1 Å². The summed E-state index contributed by atoms with van der Waals surface area (Å²) in [5.41, 5.74) is 1.72. The number of sulfonamides is 1. The molecule has 156 valence electrons. The number of rotatable bonds is 8. The number of anilines is 1. The van der Waals surface area contributed by atoms with E-state index >= 15 is 0 Å². The topological polar surface area (TPSA) is 79.4 Å². The Balaban J connectivity index is 1.74. The lowest BCUT2D eigenvalue weighted by Gasteiger charge is -2.23. The summed E-state index contributed by atoms with van der Waals surface area (Å²) in [5, 5.41) is 2.81. The van der Waals surface area contributed by atoms with Crippen LogP contribution in [0.25, 0.3) is 0 Å². The Hall–Kier alpha value is -2.84. The van der Waals surface area contributed by atoms with Crippen molar-refractivity contribution in [2.75, 3.05) is 17.1 Å². The van der Waals surface area contributed by atoms with E-state index in [0.29, 0.717) is 17.8 Å². The van der Waals surface area contributed by atoms with Gasteiger partial charge in [0.25, 0.3) is 15.9 Å². The van der Waals surface area contributed by atoms with E-state index in [-0.39, 0.29) is 17.3 Å². The highest BCUT2D eigenvalue weighted by molar-refractivity contribution is 7.98. The van der Waals surface area contributed by atoms with Gasteiger partial charge < -0.3 is 5.32 Å². The number of carbonyl (C=O) groups is 1. The lowest BCUT2D eigenvalue weighted by molar-refractivity contribution is 0.0950. The van der Waals surface area contributed by atoms with Gasteiger partial charge in [0.15, 0.2) is 0 Å². The van der Waals surface area contributed by atoms with Crippen molar-refractivity contribution < 1.29 is 13.2 Å². The van der Waals surface area contributed by atoms with Gasteiger partial charge in [-0.15, -0.1) is 11.8 Å². The summed E-state index contributed by atoms with van der Waals surface area (Å²) in [5.74, 6) is -0.245. The van der Waals surface area contributed by atoms with Gasteiger partial charge in [-0.2, -0.15) is 0 Å². The molecular weight excluding hydrogens is 418 g/mol. The average Bonchev–Trinajstić information content (AvgIpc) is 2.79. The molecule has 1 aromatic heterocycles. The summed E-state index contributed by atoms with van der Waals surface area (Å²) in [6.45, 7) is 2.38. The number of benzene rings is 2. The van der Waals surface area contributed by atoms with E-state index < -0.39 is 10.0 Å². The molecule has 0 aliphatic carbocycles. The number of pyridine rings is 1. The van der Waals surface area contributed by atoms with Gasteiger partial charge in [0.05, 0.1) is 22.8 Å². The molecular formula is C22H23N3O3S2. The van der Waals surface area contributed by atoms with Crippen LogP contribution in [0.2, 0.25) is 0 Å². The smallest absolute Gasteiger partial charge is 0.264 e. The minimum atomic E-state index is -3.69. The van der Waals surface area contributed by atoms with Crippen LogP contribution in [0.15, 0.2) is 82.7 Å². The molecule has 6 nitrogen and oxygen atoms in total. The van der Waals surface area contributed by atoms with Crippen molar-refractivity contribution in [3.05, 3.63) is 84.2 Å². The van der Waals surface area contributed by atoms with Gasteiger partial charge in [-0.05, 0) is 73.8 Å². The number of nitrogens with one attached hydrogen (secondary N) is 1. The Morgan fingerprint density at radius 3 is 2.30 bits per heavy atom. The fourth-order valence-corrected chi connectivity index (χ4v) is 4.80.